The number of fused-ring (bicyclic) bond motifs is 2. The molecule has 0 fully saturated rings. The maximum atomic E-state index is 13.3. The quantitative estimate of drug-likeness (QED) is 0.351. The van der Waals surface area contributed by atoms with Gasteiger partial charge in [0.1, 0.15) is 11.3 Å². The molecular formula is C26H21N3O3. The predicted molar refractivity (Wildman–Crippen MR) is 126 cm³/mol. The van der Waals surface area contributed by atoms with E-state index in [9.17, 15) is 4.79 Å². The summed E-state index contributed by atoms with van der Waals surface area (Å²) < 4.78 is 13.0. The van der Waals surface area contributed by atoms with E-state index in [1.165, 1.54) is 4.68 Å². The second kappa shape index (κ2) is 8.15. The lowest BCUT2D eigenvalue weighted by molar-refractivity contribution is 0.242. The molecule has 6 heteroatoms. The van der Waals surface area contributed by atoms with Crippen LogP contribution in [-0.2, 0) is 0 Å². The fourth-order valence-corrected chi connectivity index (χ4v) is 3.55. The zero-order valence-electron chi connectivity index (χ0n) is 17.7. The Morgan fingerprint density at radius 3 is 2.66 bits per heavy atom. The molecule has 158 valence electrons. The molecule has 0 radical (unpaired) electrons. The highest BCUT2D eigenvalue weighted by Gasteiger charge is 2.16. The molecule has 32 heavy (non-hydrogen) atoms. The maximum absolute atomic E-state index is 13.3. The molecule has 0 amide bonds. The minimum Gasteiger partial charge on any atom is -0.491 e. The van der Waals surface area contributed by atoms with Gasteiger partial charge >= 0.3 is 0 Å². The van der Waals surface area contributed by atoms with Gasteiger partial charge in [-0.2, -0.15) is 9.78 Å². The first-order chi connectivity index (χ1) is 15.6. The van der Waals surface area contributed by atoms with E-state index < -0.39 is 0 Å². The van der Waals surface area contributed by atoms with Gasteiger partial charge in [0.15, 0.2) is 5.76 Å². The van der Waals surface area contributed by atoms with Crippen LogP contribution in [0.15, 0.2) is 93.2 Å². The normalized spacial score (nSPS) is 11.7. The molecule has 2 aromatic heterocycles. The Bertz CT molecular complexity index is 1480. The molecule has 0 aliphatic rings. The topological polar surface area (TPSA) is 69.6 Å². The molecule has 0 atom stereocenters. The number of nitrogens with zero attached hydrogens (tertiary/aromatic N) is 3. The summed E-state index contributed by atoms with van der Waals surface area (Å²) in [5.74, 6) is 1.56. The number of benzene rings is 3. The number of hydrogen-bond donors (Lipinski definition) is 0. The first-order valence-electron chi connectivity index (χ1n) is 10.4. The minimum absolute atomic E-state index is 0.0641. The highest BCUT2D eigenvalue weighted by atomic mass is 16.5. The maximum Gasteiger partial charge on any atom is 0.282 e. The van der Waals surface area contributed by atoms with E-state index in [-0.39, 0.29) is 11.7 Å². The van der Waals surface area contributed by atoms with Crippen molar-refractivity contribution in [2.24, 2.45) is 5.10 Å². The molecule has 2 heterocycles. The van der Waals surface area contributed by atoms with Crippen LogP contribution in [0, 0.1) is 0 Å². The van der Waals surface area contributed by atoms with Gasteiger partial charge in [-0.05, 0) is 55.8 Å². The van der Waals surface area contributed by atoms with Gasteiger partial charge in [-0.25, -0.2) is 4.98 Å². The van der Waals surface area contributed by atoms with Crippen LogP contribution in [0.2, 0.25) is 0 Å². The van der Waals surface area contributed by atoms with Crippen LogP contribution in [0.4, 0.5) is 0 Å². The van der Waals surface area contributed by atoms with Gasteiger partial charge in [-0.1, -0.05) is 42.5 Å². The molecule has 0 spiro atoms. The molecule has 0 saturated carbocycles. The van der Waals surface area contributed by atoms with E-state index in [0.29, 0.717) is 22.5 Å². The molecule has 3 aromatic carbocycles. The average molecular weight is 423 g/mol. The van der Waals surface area contributed by atoms with E-state index in [4.69, 9.17) is 14.1 Å². The third-order valence-electron chi connectivity index (χ3n) is 4.95. The van der Waals surface area contributed by atoms with Crippen LogP contribution in [0.25, 0.3) is 33.5 Å². The fourth-order valence-electron chi connectivity index (χ4n) is 3.55. The number of rotatable bonds is 5. The van der Waals surface area contributed by atoms with Crippen molar-refractivity contribution in [2.75, 3.05) is 0 Å². The number of furan rings is 1. The van der Waals surface area contributed by atoms with Crippen LogP contribution in [-0.4, -0.2) is 22.0 Å². The summed E-state index contributed by atoms with van der Waals surface area (Å²) in [7, 11) is 0. The highest BCUT2D eigenvalue weighted by Crippen LogP contribution is 2.27. The Labute approximate surface area is 184 Å². The van der Waals surface area contributed by atoms with Crippen LogP contribution < -0.4 is 10.3 Å². The van der Waals surface area contributed by atoms with E-state index in [1.807, 2.05) is 86.6 Å². The second-order valence-corrected chi connectivity index (χ2v) is 7.70. The summed E-state index contributed by atoms with van der Waals surface area (Å²) in [4.78, 5) is 18.0. The summed E-state index contributed by atoms with van der Waals surface area (Å²) >= 11 is 0. The van der Waals surface area contributed by atoms with E-state index in [1.54, 1.807) is 12.3 Å². The van der Waals surface area contributed by atoms with Crippen LogP contribution in [0.1, 0.15) is 19.4 Å². The number of para-hydroxylation sites is 2. The largest absolute Gasteiger partial charge is 0.491 e. The molecular weight excluding hydrogens is 402 g/mol. The van der Waals surface area contributed by atoms with Crippen molar-refractivity contribution in [3.8, 4) is 17.3 Å². The monoisotopic (exact) mass is 423 g/mol. The van der Waals surface area contributed by atoms with Gasteiger partial charge in [-0.3, -0.25) is 4.79 Å². The molecule has 5 rings (SSSR count). The third-order valence-corrected chi connectivity index (χ3v) is 4.95. The summed E-state index contributed by atoms with van der Waals surface area (Å²) in [5, 5.41) is 5.91. The van der Waals surface area contributed by atoms with Gasteiger partial charge < -0.3 is 9.15 Å². The zero-order valence-corrected chi connectivity index (χ0v) is 17.7. The van der Waals surface area contributed by atoms with Crippen molar-refractivity contribution in [1.29, 1.82) is 0 Å². The smallest absolute Gasteiger partial charge is 0.282 e. The lowest BCUT2D eigenvalue weighted by Crippen LogP contribution is -2.20. The Balaban J connectivity index is 1.66. The Hall–Kier alpha value is -4.19. The van der Waals surface area contributed by atoms with Gasteiger partial charge in [0.25, 0.3) is 5.56 Å². The molecule has 0 aliphatic carbocycles. The summed E-state index contributed by atoms with van der Waals surface area (Å²) in [5.41, 5.74) is 1.85. The molecule has 5 aromatic rings. The van der Waals surface area contributed by atoms with E-state index in [2.05, 4.69) is 5.10 Å². The molecule has 6 nitrogen and oxygen atoms in total. The fraction of sp³-hybridized carbons (Fsp3) is 0.115. The van der Waals surface area contributed by atoms with Crippen molar-refractivity contribution < 1.29 is 9.15 Å². The molecule has 0 N–H and O–H groups in total. The van der Waals surface area contributed by atoms with Crippen LogP contribution in [0.3, 0.4) is 0 Å². The lowest BCUT2D eigenvalue weighted by Gasteiger charge is -2.10. The van der Waals surface area contributed by atoms with Crippen LogP contribution in [0.5, 0.6) is 5.75 Å². The standard InChI is InChI=1S/C26H21N3O3/c1-17(2)31-20-10-7-8-18(14-20)16-27-29-25(24-15-19-9-3-6-13-23(19)32-24)28-22-12-5-4-11-21(22)26(29)30/h3-17H,1-2H3. The van der Waals surface area contributed by atoms with Gasteiger partial charge in [-0.15, -0.1) is 0 Å². The Kier molecular flexibility index (Phi) is 5.03. The average Bonchev–Trinajstić information content (AvgIpc) is 3.22. The van der Waals surface area contributed by atoms with Crippen molar-refractivity contribution in [2.45, 2.75) is 20.0 Å². The van der Waals surface area contributed by atoms with Crippen molar-refractivity contribution in [3.63, 3.8) is 0 Å². The minimum atomic E-state index is -0.267. The van der Waals surface area contributed by atoms with E-state index >= 15 is 0 Å². The first kappa shape index (κ1) is 19.8. The van der Waals surface area contributed by atoms with Crippen molar-refractivity contribution in [3.05, 3.63) is 94.8 Å². The predicted octanol–water partition coefficient (Wildman–Crippen LogP) is 5.48. The summed E-state index contributed by atoms with van der Waals surface area (Å²) in [6.45, 7) is 3.95. The molecule has 0 unspecified atom stereocenters. The number of hydrogen-bond acceptors (Lipinski definition) is 5. The second-order valence-electron chi connectivity index (χ2n) is 7.70. The third kappa shape index (κ3) is 3.78. The van der Waals surface area contributed by atoms with Crippen molar-refractivity contribution in [1.82, 2.24) is 9.66 Å². The SMILES string of the molecule is CC(C)Oc1cccc(C=Nn2c(-c3cc4ccccc4o3)nc3ccccc3c2=O)c1. The highest BCUT2D eigenvalue weighted by molar-refractivity contribution is 5.84. The lowest BCUT2D eigenvalue weighted by atomic mass is 10.2. The summed E-state index contributed by atoms with van der Waals surface area (Å²) in [6, 6.07) is 24.3. The van der Waals surface area contributed by atoms with Gasteiger partial charge in [0.05, 0.1) is 23.2 Å². The Morgan fingerprint density at radius 2 is 1.81 bits per heavy atom. The molecule has 0 aliphatic heterocycles. The first-order valence-corrected chi connectivity index (χ1v) is 10.4. The molecule has 0 bridgehead atoms. The zero-order chi connectivity index (χ0) is 22.1. The number of ether oxygens (including phenoxy) is 1. The number of aromatic nitrogens is 2. The Morgan fingerprint density at radius 1 is 1.00 bits per heavy atom. The van der Waals surface area contributed by atoms with E-state index in [0.717, 1.165) is 22.3 Å². The van der Waals surface area contributed by atoms with Crippen LogP contribution >= 0.6 is 0 Å². The summed E-state index contributed by atoms with van der Waals surface area (Å²) in [6.07, 6.45) is 1.69. The van der Waals surface area contributed by atoms with Crippen molar-refractivity contribution >= 4 is 28.1 Å². The molecule has 0 saturated heterocycles. The van der Waals surface area contributed by atoms with Gasteiger partial charge in [0.2, 0.25) is 5.82 Å². The van der Waals surface area contributed by atoms with Gasteiger partial charge in [0, 0.05) is 5.39 Å².